The minimum absolute atomic E-state index is 0.372. The first-order valence-corrected chi connectivity index (χ1v) is 11.0. The summed E-state index contributed by atoms with van der Waals surface area (Å²) < 4.78 is 6.03. The van der Waals surface area contributed by atoms with Crippen LogP contribution in [0.2, 0.25) is 0 Å². The van der Waals surface area contributed by atoms with E-state index in [2.05, 4.69) is 30.1 Å². The van der Waals surface area contributed by atoms with Crippen LogP contribution in [0.1, 0.15) is 68.4 Å². The fourth-order valence-electron chi connectivity index (χ4n) is 4.40. The molecule has 2 atom stereocenters. The van der Waals surface area contributed by atoms with Gasteiger partial charge in [0.05, 0.1) is 17.3 Å². The van der Waals surface area contributed by atoms with E-state index in [0.717, 1.165) is 47.2 Å². The van der Waals surface area contributed by atoms with E-state index >= 15 is 0 Å². The highest BCUT2D eigenvalue weighted by Gasteiger charge is 2.27. The molecule has 0 saturated carbocycles. The minimum Gasteiger partial charge on any atom is -0.487 e. The molecular weight excluding hydrogens is 358 g/mol. The molecule has 2 unspecified atom stereocenters. The summed E-state index contributed by atoms with van der Waals surface area (Å²) in [5.74, 6) is 1.18. The Morgan fingerprint density at radius 2 is 1.93 bits per heavy atom. The van der Waals surface area contributed by atoms with Gasteiger partial charge in [-0.3, -0.25) is 0 Å². The summed E-state index contributed by atoms with van der Waals surface area (Å²) in [6.07, 6.45) is 7.92. The first-order chi connectivity index (χ1) is 14.2. The average Bonchev–Trinajstić information content (AvgIpc) is 2.76. The van der Waals surface area contributed by atoms with Gasteiger partial charge in [-0.2, -0.15) is 0 Å². The SMILES string of the molecule is CCCCCCC1CCc2ccc(OCc3ccc4ccccc4n3)cc2C1O. The van der Waals surface area contributed by atoms with Gasteiger partial charge in [-0.1, -0.05) is 62.9 Å². The van der Waals surface area contributed by atoms with Gasteiger partial charge >= 0.3 is 0 Å². The molecule has 29 heavy (non-hydrogen) atoms. The Morgan fingerprint density at radius 1 is 1.03 bits per heavy atom. The van der Waals surface area contributed by atoms with Gasteiger partial charge in [0.25, 0.3) is 0 Å². The first-order valence-electron chi connectivity index (χ1n) is 11.0. The number of hydrogen-bond acceptors (Lipinski definition) is 3. The van der Waals surface area contributed by atoms with Crippen molar-refractivity contribution in [3.63, 3.8) is 0 Å². The molecule has 152 valence electrons. The molecule has 1 heterocycles. The highest BCUT2D eigenvalue weighted by atomic mass is 16.5. The molecule has 4 rings (SSSR count). The number of aryl methyl sites for hydroxylation is 1. The van der Waals surface area contributed by atoms with Gasteiger partial charge in [0.15, 0.2) is 0 Å². The van der Waals surface area contributed by atoms with Gasteiger partial charge in [-0.25, -0.2) is 4.98 Å². The summed E-state index contributed by atoms with van der Waals surface area (Å²) in [7, 11) is 0. The van der Waals surface area contributed by atoms with Gasteiger partial charge < -0.3 is 9.84 Å². The first kappa shape index (κ1) is 19.9. The number of aromatic nitrogens is 1. The monoisotopic (exact) mass is 389 g/mol. The number of nitrogens with zero attached hydrogens (tertiary/aromatic N) is 1. The average molecular weight is 390 g/mol. The second-order valence-electron chi connectivity index (χ2n) is 8.24. The Morgan fingerprint density at radius 3 is 2.83 bits per heavy atom. The van der Waals surface area contributed by atoms with Crippen molar-refractivity contribution in [3.8, 4) is 5.75 Å². The smallest absolute Gasteiger partial charge is 0.130 e. The number of para-hydroxylation sites is 1. The van der Waals surface area contributed by atoms with E-state index in [1.807, 2.05) is 36.4 Å². The number of ether oxygens (including phenoxy) is 1. The lowest BCUT2D eigenvalue weighted by atomic mass is 9.79. The van der Waals surface area contributed by atoms with Crippen molar-refractivity contribution in [3.05, 3.63) is 71.4 Å². The summed E-state index contributed by atoms with van der Waals surface area (Å²) in [6, 6.07) is 18.4. The number of unbranched alkanes of at least 4 members (excludes halogenated alkanes) is 3. The van der Waals surface area contributed by atoms with E-state index in [1.54, 1.807) is 0 Å². The Balaban J connectivity index is 1.41. The van der Waals surface area contributed by atoms with Gasteiger partial charge in [-0.15, -0.1) is 0 Å². The molecule has 0 radical (unpaired) electrons. The highest BCUT2D eigenvalue weighted by molar-refractivity contribution is 5.78. The van der Waals surface area contributed by atoms with Gasteiger partial charge in [0, 0.05) is 5.39 Å². The Labute approximate surface area is 173 Å². The van der Waals surface area contributed by atoms with Crippen molar-refractivity contribution >= 4 is 10.9 Å². The zero-order chi connectivity index (χ0) is 20.1. The second-order valence-corrected chi connectivity index (χ2v) is 8.24. The van der Waals surface area contributed by atoms with Crippen molar-refractivity contribution in [2.75, 3.05) is 0 Å². The Bertz CT molecular complexity index is 952. The molecule has 1 aliphatic rings. The molecular formula is C26H31NO2. The largest absolute Gasteiger partial charge is 0.487 e. The number of pyridine rings is 1. The number of aliphatic hydroxyl groups excluding tert-OH is 1. The number of benzene rings is 2. The molecule has 3 nitrogen and oxygen atoms in total. The van der Waals surface area contributed by atoms with E-state index in [9.17, 15) is 5.11 Å². The van der Waals surface area contributed by atoms with E-state index in [0.29, 0.717) is 12.5 Å². The highest BCUT2D eigenvalue weighted by Crippen LogP contribution is 2.39. The minimum atomic E-state index is -0.372. The molecule has 3 aromatic rings. The van der Waals surface area contributed by atoms with Crippen molar-refractivity contribution < 1.29 is 9.84 Å². The van der Waals surface area contributed by atoms with Crippen molar-refractivity contribution in [2.45, 2.75) is 64.6 Å². The van der Waals surface area contributed by atoms with Crippen LogP contribution >= 0.6 is 0 Å². The lowest BCUT2D eigenvalue weighted by Crippen LogP contribution is -2.20. The maximum atomic E-state index is 10.9. The van der Waals surface area contributed by atoms with E-state index in [1.165, 1.54) is 31.2 Å². The van der Waals surface area contributed by atoms with Crippen LogP contribution in [-0.4, -0.2) is 10.1 Å². The Kier molecular flexibility index (Phi) is 6.46. The van der Waals surface area contributed by atoms with Crippen molar-refractivity contribution in [2.24, 2.45) is 5.92 Å². The molecule has 0 fully saturated rings. The lowest BCUT2D eigenvalue weighted by molar-refractivity contribution is 0.0864. The normalized spacial score (nSPS) is 18.6. The quantitative estimate of drug-likeness (QED) is 0.455. The van der Waals surface area contributed by atoms with Crippen molar-refractivity contribution in [1.29, 1.82) is 0 Å². The standard InChI is InChI=1S/C26H31NO2/c1-2-3-4-5-9-21-12-11-19-14-16-23(17-24(19)26(21)28)29-18-22-15-13-20-8-6-7-10-25(20)27-22/h6-8,10,13-17,21,26,28H,2-5,9,11-12,18H2,1H3. The number of hydrogen-bond donors (Lipinski definition) is 1. The van der Waals surface area contributed by atoms with E-state index in [-0.39, 0.29) is 6.10 Å². The molecule has 1 N–H and O–H groups in total. The summed E-state index contributed by atoms with van der Waals surface area (Å²) in [6.45, 7) is 2.67. The fourth-order valence-corrected chi connectivity index (χ4v) is 4.40. The third kappa shape index (κ3) is 4.79. The molecule has 0 bridgehead atoms. The van der Waals surface area contributed by atoms with E-state index in [4.69, 9.17) is 4.74 Å². The van der Waals surface area contributed by atoms with E-state index < -0.39 is 0 Å². The topological polar surface area (TPSA) is 42.4 Å². The van der Waals surface area contributed by atoms with Crippen molar-refractivity contribution in [1.82, 2.24) is 4.98 Å². The third-order valence-corrected chi connectivity index (χ3v) is 6.14. The van der Waals surface area contributed by atoms with Gasteiger partial charge in [0.2, 0.25) is 0 Å². The van der Waals surface area contributed by atoms with Crippen LogP contribution in [0.4, 0.5) is 0 Å². The molecule has 1 aromatic heterocycles. The van der Waals surface area contributed by atoms with Gasteiger partial charge in [0.1, 0.15) is 12.4 Å². The van der Waals surface area contributed by atoms with Crippen LogP contribution in [0.5, 0.6) is 5.75 Å². The van der Waals surface area contributed by atoms with Crippen LogP contribution in [0.25, 0.3) is 10.9 Å². The second kappa shape index (κ2) is 9.41. The number of fused-ring (bicyclic) bond motifs is 2. The Hall–Kier alpha value is -2.39. The van der Waals surface area contributed by atoms with Crippen LogP contribution in [0.3, 0.4) is 0 Å². The number of rotatable bonds is 8. The zero-order valence-corrected chi connectivity index (χ0v) is 17.3. The molecule has 1 aliphatic carbocycles. The number of aliphatic hydroxyl groups is 1. The predicted octanol–water partition coefficient (Wildman–Crippen LogP) is 6.38. The third-order valence-electron chi connectivity index (χ3n) is 6.14. The van der Waals surface area contributed by atoms with Crippen LogP contribution in [0.15, 0.2) is 54.6 Å². The molecule has 0 spiro atoms. The molecule has 3 heteroatoms. The molecule has 2 aromatic carbocycles. The molecule has 0 saturated heterocycles. The maximum Gasteiger partial charge on any atom is 0.130 e. The zero-order valence-electron chi connectivity index (χ0n) is 17.3. The summed E-state index contributed by atoms with van der Waals surface area (Å²) in [4.78, 5) is 4.68. The van der Waals surface area contributed by atoms with Crippen LogP contribution in [0, 0.1) is 5.92 Å². The maximum absolute atomic E-state index is 10.9. The summed E-state index contributed by atoms with van der Waals surface area (Å²) in [5, 5.41) is 12.1. The van der Waals surface area contributed by atoms with Gasteiger partial charge in [-0.05, 0) is 60.6 Å². The van der Waals surface area contributed by atoms with Crippen LogP contribution in [-0.2, 0) is 13.0 Å². The van der Waals surface area contributed by atoms with Crippen LogP contribution < -0.4 is 4.74 Å². The molecule has 0 aliphatic heterocycles. The fraction of sp³-hybridized carbons (Fsp3) is 0.423. The molecule has 0 amide bonds. The summed E-state index contributed by atoms with van der Waals surface area (Å²) >= 11 is 0. The summed E-state index contributed by atoms with van der Waals surface area (Å²) in [5.41, 5.74) is 4.22. The predicted molar refractivity (Wildman–Crippen MR) is 118 cm³/mol. The lowest BCUT2D eigenvalue weighted by Gasteiger charge is -2.30.